The SMILES string of the molecule is CC(C)(C)C(O)CNC(=O)/C=C/c1c(Cl)nc2sccn12. The second kappa shape index (κ2) is 6.17. The van der Waals surface area contributed by atoms with Crippen LogP contribution in [-0.4, -0.2) is 33.0 Å². The van der Waals surface area contributed by atoms with E-state index in [0.29, 0.717) is 10.8 Å². The zero-order valence-electron chi connectivity index (χ0n) is 12.1. The molecule has 2 aromatic heterocycles. The zero-order valence-corrected chi connectivity index (χ0v) is 13.7. The minimum absolute atomic E-state index is 0.209. The van der Waals surface area contributed by atoms with E-state index in [4.69, 9.17) is 11.6 Å². The van der Waals surface area contributed by atoms with Crippen molar-refractivity contribution >= 4 is 39.9 Å². The summed E-state index contributed by atoms with van der Waals surface area (Å²) in [6.45, 7) is 5.96. The summed E-state index contributed by atoms with van der Waals surface area (Å²) in [5.41, 5.74) is 0.397. The van der Waals surface area contributed by atoms with Gasteiger partial charge in [-0.05, 0) is 11.5 Å². The number of nitrogens with one attached hydrogen (secondary N) is 1. The summed E-state index contributed by atoms with van der Waals surface area (Å²) >= 11 is 7.50. The molecule has 0 saturated carbocycles. The monoisotopic (exact) mass is 327 g/mol. The maximum absolute atomic E-state index is 11.8. The van der Waals surface area contributed by atoms with Crippen LogP contribution in [0.15, 0.2) is 17.7 Å². The third-order valence-corrected chi connectivity index (χ3v) is 4.15. The standard InChI is InChI=1S/C14H18ClN3O2S/c1-14(2,3)10(19)8-16-11(20)5-4-9-12(15)17-13-18(9)6-7-21-13/h4-7,10,19H,8H2,1-3H3,(H,16,20)/b5-4+. The fraction of sp³-hybridized carbons (Fsp3) is 0.429. The van der Waals surface area contributed by atoms with Crippen molar-refractivity contribution in [1.82, 2.24) is 14.7 Å². The molecule has 0 bridgehead atoms. The number of thiazole rings is 1. The fourth-order valence-electron chi connectivity index (χ4n) is 1.64. The van der Waals surface area contributed by atoms with Crippen molar-refractivity contribution < 1.29 is 9.90 Å². The number of carbonyl (C=O) groups is 1. The number of amides is 1. The van der Waals surface area contributed by atoms with E-state index in [1.54, 1.807) is 6.08 Å². The van der Waals surface area contributed by atoms with Gasteiger partial charge in [0.1, 0.15) is 0 Å². The molecular weight excluding hydrogens is 310 g/mol. The number of rotatable bonds is 4. The van der Waals surface area contributed by atoms with Gasteiger partial charge in [0.05, 0.1) is 11.8 Å². The number of nitrogens with zero attached hydrogens (tertiary/aromatic N) is 2. The minimum atomic E-state index is -0.600. The van der Waals surface area contributed by atoms with Crippen molar-refractivity contribution in [2.24, 2.45) is 5.41 Å². The molecule has 2 rings (SSSR count). The molecule has 5 nitrogen and oxygen atoms in total. The Bertz CT molecular complexity index is 669. The van der Waals surface area contributed by atoms with Crippen LogP contribution in [0.2, 0.25) is 5.15 Å². The van der Waals surface area contributed by atoms with E-state index >= 15 is 0 Å². The molecule has 0 spiro atoms. The van der Waals surface area contributed by atoms with E-state index in [0.717, 1.165) is 4.96 Å². The lowest BCUT2D eigenvalue weighted by molar-refractivity contribution is -0.117. The number of aliphatic hydroxyl groups excluding tert-OH is 1. The van der Waals surface area contributed by atoms with Crippen molar-refractivity contribution in [1.29, 1.82) is 0 Å². The molecule has 0 aliphatic carbocycles. The lowest BCUT2D eigenvalue weighted by atomic mass is 9.89. The maximum Gasteiger partial charge on any atom is 0.244 e. The molecule has 1 amide bonds. The Hall–Kier alpha value is -1.37. The van der Waals surface area contributed by atoms with Crippen molar-refractivity contribution in [3.63, 3.8) is 0 Å². The Morgan fingerprint density at radius 2 is 2.33 bits per heavy atom. The van der Waals surface area contributed by atoms with E-state index in [9.17, 15) is 9.90 Å². The maximum atomic E-state index is 11.8. The van der Waals surface area contributed by atoms with Gasteiger partial charge in [-0.15, -0.1) is 11.3 Å². The number of hydrogen-bond donors (Lipinski definition) is 2. The Morgan fingerprint density at radius 3 is 3.00 bits per heavy atom. The van der Waals surface area contributed by atoms with Crippen molar-refractivity contribution in [2.75, 3.05) is 6.54 Å². The molecule has 0 fully saturated rings. The molecule has 1 unspecified atom stereocenters. The topological polar surface area (TPSA) is 66.6 Å². The second-order valence-corrected chi connectivity index (χ2v) is 7.03. The first kappa shape index (κ1) is 16.0. The fourth-order valence-corrected chi connectivity index (χ4v) is 2.65. The molecule has 0 radical (unpaired) electrons. The van der Waals surface area contributed by atoms with Gasteiger partial charge in [0.2, 0.25) is 5.91 Å². The first-order chi connectivity index (χ1) is 9.79. The smallest absolute Gasteiger partial charge is 0.244 e. The van der Waals surface area contributed by atoms with Crippen LogP contribution >= 0.6 is 22.9 Å². The molecule has 0 aliphatic rings. The summed E-state index contributed by atoms with van der Waals surface area (Å²) in [4.78, 5) is 16.7. The average molecular weight is 328 g/mol. The lowest BCUT2D eigenvalue weighted by Crippen LogP contribution is -2.38. The molecule has 2 N–H and O–H groups in total. The van der Waals surface area contributed by atoms with Crippen LogP contribution in [0.5, 0.6) is 0 Å². The summed E-state index contributed by atoms with van der Waals surface area (Å²) < 4.78 is 1.82. The number of halogens is 1. The molecule has 0 aliphatic heterocycles. The van der Waals surface area contributed by atoms with Gasteiger partial charge in [0.25, 0.3) is 0 Å². The van der Waals surface area contributed by atoms with Crippen LogP contribution < -0.4 is 5.32 Å². The zero-order chi connectivity index (χ0) is 15.6. The highest BCUT2D eigenvalue weighted by atomic mass is 35.5. The Balaban J connectivity index is 1.99. The quantitative estimate of drug-likeness (QED) is 0.848. The first-order valence-electron chi connectivity index (χ1n) is 6.54. The van der Waals surface area contributed by atoms with Crippen LogP contribution in [0.4, 0.5) is 0 Å². The van der Waals surface area contributed by atoms with Crippen molar-refractivity contribution in [2.45, 2.75) is 26.9 Å². The van der Waals surface area contributed by atoms with Crippen LogP contribution in [-0.2, 0) is 4.79 Å². The molecule has 0 saturated heterocycles. The molecule has 0 aromatic carbocycles. The van der Waals surface area contributed by atoms with Gasteiger partial charge in [0, 0.05) is 24.2 Å². The summed E-state index contributed by atoms with van der Waals surface area (Å²) in [6.07, 6.45) is 4.26. The van der Waals surface area contributed by atoms with Gasteiger partial charge in [-0.2, -0.15) is 0 Å². The highest BCUT2D eigenvalue weighted by molar-refractivity contribution is 7.15. The average Bonchev–Trinajstić information content (AvgIpc) is 2.93. The molecule has 21 heavy (non-hydrogen) atoms. The van der Waals surface area contributed by atoms with Crippen LogP contribution in [0.3, 0.4) is 0 Å². The Kier molecular flexibility index (Phi) is 4.70. The molecule has 114 valence electrons. The minimum Gasteiger partial charge on any atom is -0.391 e. The Labute approximate surface area is 132 Å². The highest BCUT2D eigenvalue weighted by Gasteiger charge is 2.22. The van der Waals surface area contributed by atoms with E-state index in [2.05, 4.69) is 10.3 Å². The third-order valence-electron chi connectivity index (χ3n) is 3.12. The summed E-state index contributed by atoms with van der Waals surface area (Å²) in [5.74, 6) is -0.278. The van der Waals surface area contributed by atoms with Crippen LogP contribution in [0.1, 0.15) is 26.5 Å². The van der Waals surface area contributed by atoms with Gasteiger partial charge >= 0.3 is 0 Å². The predicted octanol–water partition coefficient (Wildman–Crippen LogP) is 2.59. The van der Waals surface area contributed by atoms with E-state index < -0.39 is 6.10 Å². The third kappa shape index (κ3) is 3.84. The van der Waals surface area contributed by atoms with Crippen LogP contribution in [0.25, 0.3) is 11.0 Å². The molecule has 2 heterocycles. The molecule has 1 atom stereocenters. The first-order valence-corrected chi connectivity index (χ1v) is 7.80. The lowest BCUT2D eigenvalue weighted by Gasteiger charge is -2.25. The van der Waals surface area contributed by atoms with E-state index in [-0.39, 0.29) is 17.9 Å². The van der Waals surface area contributed by atoms with Crippen molar-refractivity contribution in [3.05, 3.63) is 28.5 Å². The van der Waals surface area contributed by atoms with Gasteiger partial charge in [0.15, 0.2) is 10.1 Å². The summed E-state index contributed by atoms with van der Waals surface area (Å²) in [5, 5.41) is 14.8. The second-order valence-electron chi connectivity index (χ2n) is 5.80. The van der Waals surface area contributed by atoms with Crippen LogP contribution in [0, 0.1) is 5.41 Å². The summed E-state index contributed by atoms with van der Waals surface area (Å²) in [6, 6.07) is 0. The number of aromatic nitrogens is 2. The number of carbonyl (C=O) groups excluding carboxylic acids is 1. The van der Waals surface area contributed by atoms with E-state index in [1.165, 1.54) is 17.4 Å². The predicted molar refractivity (Wildman–Crippen MR) is 85.6 cm³/mol. The molecule has 2 aromatic rings. The number of imidazole rings is 1. The highest BCUT2D eigenvalue weighted by Crippen LogP contribution is 2.22. The number of fused-ring (bicyclic) bond motifs is 1. The molecular formula is C14H18ClN3O2S. The normalized spacial score (nSPS) is 14.0. The van der Waals surface area contributed by atoms with Gasteiger partial charge in [-0.25, -0.2) is 4.98 Å². The molecule has 7 heteroatoms. The van der Waals surface area contributed by atoms with Gasteiger partial charge in [-0.1, -0.05) is 32.4 Å². The van der Waals surface area contributed by atoms with Crippen molar-refractivity contribution in [3.8, 4) is 0 Å². The van der Waals surface area contributed by atoms with Gasteiger partial charge in [-0.3, -0.25) is 9.20 Å². The summed E-state index contributed by atoms with van der Waals surface area (Å²) in [7, 11) is 0. The van der Waals surface area contributed by atoms with Gasteiger partial charge < -0.3 is 10.4 Å². The Morgan fingerprint density at radius 1 is 1.62 bits per heavy atom. The van der Waals surface area contributed by atoms with E-state index in [1.807, 2.05) is 36.7 Å². The largest absolute Gasteiger partial charge is 0.391 e. The number of hydrogen-bond acceptors (Lipinski definition) is 4. The number of aliphatic hydroxyl groups is 1.